The Bertz CT molecular complexity index is 432. The Kier molecular flexibility index (Phi) is 4.08. The maximum absolute atomic E-state index is 5.08. The zero-order valence-electron chi connectivity index (χ0n) is 10.1. The van der Waals surface area contributed by atoms with Crippen molar-refractivity contribution in [3.8, 4) is 0 Å². The summed E-state index contributed by atoms with van der Waals surface area (Å²) in [5.41, 5.74) is 2.04. The SMILES string of the molecule is COC(CNCc1nc2ccccc2[nH]1)OC. The van der Waals surface area contributed by atoms with Crippen molar-refractivity contribution in [2.45, 2.75) is 12.8 Å². The Morgan fingerprint density at radius 1 is 1.29 bits per heavy atom. The number of nitrogens with zero attached hydrogens (tertiary/aromatic N) is 1. The molecule has 0 saturated heterocycles. The second-order valence-corrected chi connectivity index (χ2v) is 3.73. The second-order valence-electron chi connectivity index (χ2n) is 3.73. The summed E-state index contributed by atoms with van der Waals surface area (Å²) in [6.45, 7) is 1.29. The summed E-state index contributed by atoms with van der Waals surface area (Å²) in [5.74, 6) is 0.914. The number of ether oxygens (including phenoxy) is 2. The molecule has 0 saturated carbocycles. The molecule has 0 spiro atoms. The van der Waals surface area contributed by atoms with Crippen LogP contribution in [-0.4, -0.2) is 37.0 Å². The molecule has 5 heteroatoms. The fraction of sp³-hybridized carbons (Fsp3) is 0.417. The van der Waals surface area contributed by atoms with E-state index in [4.69, 9.17) is 9.47 Å². The number of rotatable bonds is 6. The average molecular weight is 235 g/mol. The Morgan fingerprint density at radius 3 is 2.76 bits per heavy atom. The highest BCUT2D eigenvalue weighted by Crippen LogP contribution is 2.09. The summed E-state index contributed by atoms with van der Waals surface area (Å²) in [4.78, 5) is 7.71. The molecule has 0 atom stereocenters. The van der Waals surface area contributed by atoms with Gasteiger partial charge in [-0.2, -0.15) is 0 Å². The summed E-state index contributed by atoms with van der Waals surface area (Å²) in [5, 5.41) is 3.22. The topological polar surface area (TPSA) is 59.2 Å². The number of para-hydroxylation sites is 2. The standard InChI is InChI=1S/C12H17N3O2/c1-16-12(17-2)8-13-7-11-14-9-5-3-4-6-10(9)15-11/h3-6,12-13H,7-8H2,1-2H3,(H,14,15). The predicted octanol–water partition coefficient (Wildman–Crippen LogP) is 1.27. The van der Waals surface area contributed by atoms with Gasteiger partial charge in [-0.15, -0.1) is 0 Å². The third-order valence-corrected chi connectivity index (χ3v) is 2.57. The van der Waals surface area contributed by atoms with Gasteiger partial charge >= 0.3 is 0 Å². The molecule has 0 aliphatic heterocycles. The number of hydrogen-bond acceptors (Lipinski definition) is 4. The van der Waals surface area contributed by atoms with Gasteiger partial charge in [0.1, 0.15) is 5.82 Å². The molecule has 0 bridgehead atoms. The highest BCUT2D eigenvalue weighted by molar-refractivity contribution is 5.74. The molecule has 1 aromatic heterocycles. The number of benzene rings is 1. The summed E-state index contributed by atoms with van der Waals surface area (Å²) in [6.07, 6.45) is -0.223. The van der Waals surface area contributed by atoms with Crippen LogP contribution in [0.1, 0.15) is 5.82 Å². The highest BCUT2D eigenvalue weighted by Gasteiger charge is 2.05. The Balaban J connectivity index is 1.90. The van der Waals surface area contributed by atoms with Crippen molar-refractivity contribution in [2.75, 3.05) is 20.8 Å². The zero-order valence-corrected chi connectivity index (χ0v) is 10.1. The van der Waals surface area contributed by atoms with E-state index < -0.39 is 0 Å². The zero-order chi connectivity index (χ0) is 12.1. The van der Waals surface area contributed by atoms with Crippen LogP contribution in [0.25, 0.3) is 11.0 Å². The first-order chi connectivity index (χ1) is 8.33. The fourth-order valence-electron chi connectivity index (χ4n) is 1.66. The van der Waals surface area contributed by atoms with Gasteiger partial charge in [-0.05, 0) is 12.1 Å². The largest absolute Gasteiger partial charge is 0.355 e. The minimum atomic E-state index is -0.223. The molecule has 0 aliphatic rings. The summed E-state index contributed by atoms with van der Waals surface area (Å²) in [6, 6.07) is 7.97. The first-order valence-corrected chi connectivity index (χ1v) is 5.53. The molecule has 2 N–H and O–H groups in total. The molecule has 0 unspecified atom stereocenters. The van der Waals surface area contributed by atoms with Crippen LogP contribution in [0.2, 0.25) is 0 Å². The smallest absolute Gasteiger partial charge is 0.169 e. The molecule has 1 heterocycles. The number of fused-ring (bicyclic) bond motifs is 1. The van der Waals surface area contributed by atoms with E-state index in [2.05, 4.69) is 15.3 Å². The van der Waals surface area contributed by atoms with Crippen LogP contribution in [0.3, 0.4) is 0 Å². The van der Waals surface area contributed by atoms with Crippen molar-refractivity contribution in [1.82, 2.24) is 15.3 Å². The predicted molar refractivity (Wildman–Crippen MR) is 65.6 cm³/mol. The van der Waals surface area contributed by atoms with Crippen molar-refractivity contribution in [2.24, 2.45) is 0 Å². The Hall–Kier alpha value is -1.43. The van der Waals surface area contributed by atoms with E-state index in [1.54, 1.807) is 14.2 Å². The number of methoxy groups -OCH3 is 2. The van der Waals surface area contributed by atoms with Gasteiger partial charge in [0.15, 0.2) is 6.29 Å². The number of H-pyrrole nitrogens is 1. The van der Waals surface area contributed by atoms with Crippen molar-refractivity contribution < 1.29 is 9.47 Å². The van der Waals surface area contributed by atoms with Crippen molar-refractivity contribution >= 4 is 11.0 Å². The third-order valence-electron chi connectivity index (χ3n) is 2.57. The summed E-state index contributed by atoms with van der Waals surface area (Å²) < 4.78 is 10.2. The van der Waals surface area contributed by atoms with Crippen LogP contribution in [0.15, 0.2) is 24.3 Å². The minimum Gasteiger partial charge on any atom is -0.355 e. The Labute approximate surface area is 100 Å². The van der Waals surface area contributed by atoms with Gasteiger partial charge in [-0.1, -0.05) is 12.1 Å². The molecule has 2 aromatic rings. The van der Waals surface area contributed by atoms with Crippen LogP contribution in [-0.2, 0) is 16.0 Å². The molecule has 1 aromatic carbocycles. The molecule has 0 amide bonds. The lowest BCUT2D eigenvalue weighted by Crippen LogP contribution is -2.29. The van der Waals surface area contributed by atoms with Gasteiger partial charge in [0.05, 0.1) is 17.6 Å². The van der Waals surface area contributed by atoms with Crippen LogP contribution in [0.4, 0.5) is 0 Å². The number of aromatic nitrogens is 2. The maximum atomic E-state index is 5.08. The average Bonchev–Trinajstić information content (AvgIpc) is 2.77. The third kappa shape index (κ3) is 3.03. The summed E-state index contributed by atoms with van der Waals surface area (Å²) in [7, 11) is 3.24. The van der Waals surface area contributed by atoms with E-state index in [0.29, 0.717) is 13.1 Å². The lowest BCUT2D eigenvalue weighted by Gasteiger charge is -2.13. The lowest BCUT2D eigenvalue weighted by atomic mass is 10.3. The Morgan fingerprint density at radius 2 is 2.06 bits per heavy atom. The van der Waals surface area contributed by atoms with Gasteiger partial charge in [0.2, 0.25) is 0 Å². The maximum Gasteiger partial charge on any atom is 0.169 e. The van der Waals surface area contributed by atoms with E-state index in [9.17, 15) is 0 Å². The van der Waals surface area contributed by atoms with Crippen LogP contribution >= 0.6 is 0 Å². The molecule has 0 fully saturated rings. The second kappa shape index (κ2) is 5.77. The van der Waals surface area contributed by atoms with Gasteiger partial charge in [0.25, 0.3) is 0 Å². The monoisotopic (exact) mass is 235 g/mol. The van der Waals surface area contributed by atoms with Crippen molar-refractivity contribution in [1.29, 1.82) is 0 Å². The quantitative estimate of drug-likeness (QED) is 0.740. The molecule has 0 aliphatic carbocycles. The van der Waals surface area contributed by atoms with E-state index in [0.717, 1.165) is 16.9 Å². The van der Waals surface area contributed by atoms with Gasteiger partial charge in [-0.3, -0.25) is 0 Å². The van der Waals surface area contributed by atoms with E-state index in [1.807, 2.05) is 24.3 Å². The first kappa shape index (κ1) is 12.0. The number of nitrogens with one attached hydrogen (secondary N) is 2. The van der Waals surface area contributed by atoms with Crippen molar-refractivity contribution in [3.63, 3.8) is 0 Å². The number of imidazole rings is 1. The van der Waals surface area contributed by atoms with Gasteiger partial charge < -0.3 is 19.8 Å². The number of hydrogen-bond donors (Lipinski definition) is 2. The van der Waals surface area contributed by atoms with Crippen LogP contribution < -0.4 is 5.32 Å². The molecule has 5 nitrogen and oxygen atoms in total. The van der Waals surface area contributed by atoms with Crippen LogP contribution in [0, 0.1) is 0 Å². The van der Waals surface area contributed by atoms with E-state index in [-0.39, 0.29) is 6.29 Å². The van der Waals surface area contributed by atoms with Gasteiger partial charge in [0, 0.05) is 20.8 Å². The molecule has 92 valence electrons. The van der Waals surface area contributed by atoms with Crippen LogP contribution in [0.5, 0.6) is 0 Å². The first-order valence-electron chi connectivity index (χ1n) is 5.53. The highest BCUT2D eigenvalue weighted by atomic mass is 16.7. The lowest BCUT2D eigenvalue weighted by molar-refractivity contribution is -0.0989. The fourth-order valence-corrected chi connectivity index (χ4v) is 1.66. The summed E-state index contributed by atoms with van der Waals surface area (Å²) >= 11 is 0. The van der Waals surface area contributed by atoms with Gasteiger partial charge in [-0.25, -0.2) is 4.98 Å². The van der Waals surface area contributed by atoms with E-state index >= 15 is 0 Å². The minimum absolute atomic E-state index is 0.223. The van der Waals surface area contributed by atoms with E-state index in [1.165, 1.54) is 0 Å². The molecular weight excluding hydrogens is 218 g/mol. The molecule has 2 rings (SSSR count). The molecular formula is C12H17N3O2. The number of aromatic amines is 1. The molecule has 17 heavy (non-hydrogen) atoms. The molecule has 0 radical (unpaired) electrons. The normalized spacial score (nSPS) is 11.5. The van der Waals surface area contributed by atoms with Crippen molar-refractivity contribution in [3.05, 3.63) is 30.1 Å².